The molecule has 0 spiro atoms. The minimum absolute atomic E-state index is 0.0451. The molecule has 2 amide bonds. The molecule has 0 aliphatic rings. The van der Waals surface area contributed by atoms with Crippen molar-refractivity contribution in [2.24, 2.45) is 5.92 Å². The number of para-hydroxylation sites is 1. The van der Waals surface area contributed by atoms with E-state index in [0.717, 1.165) is 9.87 Å². The van der Waals surface area contributed by atoms with Gasteiger partial charge in [0.1, 0.15) is 12.6 Å². The van der Waals surface area contributed by atoms with Crippen LogP contribution in [0, 0.1) is 5.92 Å². The molecule has 3 rings (SSSR count). The Morgan fingerprint density at radius 3 is 2.08 bits per heavy atom. The Hall–Kier alpha value is -3.36. The van der Waals surface area contributed by atoms with Gasteiger partial charge in [0.2, 0.25) is 11.8 Å². The maximum absolute atomic E-state index is 14.0. The molecule has 0 radical (unpaired) electrons. The van der Waals surface area contributed by atoms with Crippen LogP contribution in [-0.2, 0) is 32.6 Å². The molecule has 3 aromatic carbocycles. The van der Waals surface area contributed by atoms with E-state index in [1.807, 2.05) is 32.9 Å². The Bertz CT molecular complexity index is 1380. The summed E-state index contributed by atoms with van der Waals surface area (Å²) < 4.78 is 29.0. The van der Waals surface area contributed by atoms with Crippen molar-refractivity contribution in [2.45, 2.75) is 51.6 Å². The average molecular weight is 570 g/mol. The van der Waals surface area contributed by atoms with Gasteiger partial charge >= 0.3 is 0 Å². The van der Waals surface area contributed by atoms with Crippen LogP contribution < -0.4 is 9.62 Å². The molecule has 39 heavy (non-hydrogen) atoms. The van der Waals surface area contributed by atoms with E-state index in [4.69, 9.17) is 11.6 Å². The normalized spacial score (nSPS) is 12.2. The number of carbonyl (C=O) groups is 2. The number of amides is 2. The molecule has 0 bridgehead atoms. The zero-order chi connectivity index (χ0) is 28.6. The van der Waals surface area contributed by atoms with Crippen molar-refractivity contribution >= 4 is 39.1 Å². The van der Waals surface area contributed by atoms with Crippen LogP contribution >= 0.6 is 11.6 Å². The molecular weight excluding hydrogens is 534 g/mol. The molecule has 0 saturated carbocycles. The summed E-state index contributed by atoms with van der Waals surface area (Å²) in [5.74, 6) is -0.617. The first kappa shape index (κ1) is 30.2. The lowest BCUT2D eigenvalue weighted by Gasteiger charge is -2.32. The monoisotopic (exact) mass is 569 g/mol. The van der Waals surface area contributed by atoms with Gasteiger partial charge in [-0.1, -0.05) is 87.0 Å². The van der Waals surface area contributed by atoms with E-state index in [2.05, 4.69) is 5.32 Å². The Morgan fingerprint density at radius 2 is 1.46 bits per heavy atom. The number of benzene rings is 3. The lowest BCUT2D eigenvalue weighted by Crippen LogP contribution is -2.51. The van der Waals surface area contributed by atoms with Gasteiger partial charge < -0.3 is 10.2 Å². The van der Waals surface area contributed by atoms with E-state index >= 15 is 0 Å². The molecule has 0 unspecified atom stereocenters. The molecule has 1 N–H and O–H groups in total. The fourth-order valence-electron chi connectivity index (χ4n) is 4.13. The van der Waals surface area contributed by atoms with Gasteiger partial charge in [0, 0.05) is 18.1 Å². The second-order valence-corrected chi connectivity index (χ2v) is 12.0. The second kappa shape index (κ2) is 13.6. The first-order chi connectivity index (χ1) is 18.6. The maximum atomic E-state index is 14.0. The minimum Gasteiger partial charge on any atom is -0.354 e. The topological polar surface area (TPSA) is 86.8 Å². The van der Waals surface area contributed by atoms with Crippen LogP contribution in [-0.4, -0.2) is 44.3 Å². The molecular formula is C30H36ClN3O4S. The number of aryl methyl sites for hydroxylation is 1. The van der Waals surface area contributed by atoms with Crippen LogP contribution in [0.15, 0.2) is 83.8 Å². The van der Waals surface area contributed by atoms with Gasteiger partial charge in [-0.3, -0.25) is 13.9 Å². The Morgan fingerprint density at radius 1 is 0.872 bits per heavy atom. The largest absolute Gasteiger partial charge is 0.354 e. The summed E-state index contributed by atoms with van der Waals surface area (Å²) in [6.07, 6.45) is 0.572. The number of hydrogen-bond donors (Lipinski definition) is 1. The lowest BCUT2D eigenvalue weighted by molar-refractivity contribution is -0.139. The highest BCUT2D eigenvalue weighted by molar-refractivity contribution is 7.92. The van der Waals surface area contributed by atoms with Gasteiger partial charge in [0.25, 0.3) is 10.0 Å². The highest BCUT2D eigenvalue weighted by Gasteiger charge is 2.33. The van der Waals surface area contributed by atoms with Gasteiger partial charge in [-0.2, -0.15) is 0 Å². The fourth-order valence-corrected chi connectivity index (χ4v) is 5.80. The van der Waals surface area contributed by atoms with Crippen LogP contribution in [0.25, 0.3) is 0 Å². The smallest absolute Gasteiger partial charge is 0.264 e. The van der Waals surface area contributed by atoms with E-state index in [-0.39, 0.29) is 23.3 Å². The molecule has 1 atom stereocenters. The predicted octanol–water partition coefficient (Wildman–Crippen LogP) is 5.29. The first-order valence-electron chi connectivity index (χ1n) is 13.0. The fraction of sp³-hybridized carbons (Fsp3) is 0.333. The second-order valence-electron chi connectivity index (χ2n) is 9.74. The predicted molar refractivity (Wildman–Crippen MR) is 156 cm³/mol. The Balaban J connectivity index is 2.05. The van der Waals surface area contributed by atoms with Crippen LogP contribution in [0.2, 0.25) is 5.02 Å². The third kappa shape index (κ3) is 7.61. The van der Waals surface area contributed by atoms with E-state index in [1.54, 1.807) is 61.5 Å². The van der Waals surface area contributed by atoms with E-state index in [9.17, 15) is 18.0 Å². The third-order valence-corrected chi connectivity index (χ3v) is 8.54. The third-order valence-electron chi connectivity index (χ3n) is 6.40. The quantitative estimate of drug-likeness (QED) is 0.321. The molecule has 9 heteroatoms. The van der Waals surface area contributed by atoms with Crippen LogP contribution in [0.1, 0.15) is 38.8 Å². The summed E-state index contributed by atoms with van der Waals surface area (Å²) in [5, 5.41) is 3.33. The van der Waals surface area contributed by atoms with E-state index in [1.165, 1.54) is 17.0 Å². The van der Waals surface area contributed by atoms with Gasteiger partial charge in [-0.25, -0.2) is 8.42 Å². The molecule has 208 valence electrons. The van der Waals surface area contributed by atoms with Gasteiger partial charge in [0.05, 0.1) is 10.6 Å². The van der Waals surface area contributed by atoms with Crippen LogP contribution in [0.5, 0.6) is 0 Å². The van der Waals surface area contributed by atoms with Crippen LogP contribution in [0.4, 0.5) is 5.69 Å². The lowest BCUT2D eigenvalue weighted by atomic mass is 10.1. The summed E-state index contributed by atoms with van der Waals surface area (Å²) in [6.45, 7) is 7.54. The molecule has 0 aliphatic heterocycles. The summed E-state index contributed by atoms with van der Waals surface area (Å²) >= 11 is 6.41. The summed E-state index contributed by atoms with van der Waals surface area (Å²) in [7, 11) is -4.10. The number of nitrogens with zero attached hydrogens (tertiary/aromatic N) is 2. The molecule has 0 aromatic heterocycles. The number of sulfonamides is 1. The van der Waals surface area contributed by atoms with E-state index in [0.29, 0.717) is 29.2 Å². The van der Waals surface area contributed by atoms with Gasteiger partial charge in [0.15, 0.2) is 0 Å². The number of rotatable bonds is 12. The van der Waals surface area contributed by atoms with Crippen LogP contribution in [0.3, 0.4) is 0 Å². The molecule has 0 heterocycles. The van der Waals surface area contributed by atoms with Crippen molar-refractivity contribution in [3.05, 3.63) is 95.0 Å². The van der Waals surface area contributed by atoms with Gasteiger partial charge in [-0.05, 0) is 54.7 Å². The number of nitrogens with one attached hydrogen (secondary N) is 1. The summed E-state index contributed by atoms with van der Waals surface area (Å²) in [6, 6.07) is 21.4. The summed E-state index contributed by atoms with van der Waals surface area (Å²) in [4.78, 5) is 28.5. The number of hydrogen-bond acceptors (Lipinski definition) is 4. The molecule has 0 aliphatic carbocycles. The molecule has 0 fully saturated rings. The highest BCUT2D eigenvalue weighted by atomic mass is 35.5. The molecule has 0 saturated heterocycles. The zero-order valence-electron chi connectivity index (χ0n) is 22.8. The average Bonchev–Trinajstić information content (AvgIpc) is 2.94. The Labute approximate surface area is 236 Å². The van der Waals surface area contributed by atoms with Crippen molar-refractivity contribution in [1.29, 1.82) is 0 Å². The number of carbonyl (C=O) groups excluding carboxylic acids is 2. The van der Waals surface area contributed by atoms with Crippen molar-refractivity contribution < 1.29 is 18.0 Å². The zero-order valence-corrected chi connectivity index (χ0v) is 24.4. The summed E-state index contributed by atoms with van der Waals surface area (Å²) in [5.41, 5.74) is 1.86. The molecule has 7 nitrogen and oxygen atoms in total. The van der Waals surface area contributed by atoms with Crippen molar-refractivity contribution in [1.82, 2.24) is 10.2 Å². The Kier molecular flexibility index (Phi) is 10.5. The van der Waals surface area contributed by atoms with Crippen molar-refractivity contribution in [3.63, 3.8) is 0 Å². The first-order valence-corrected chi connectivity index (χ1v) is 14.8. The minimum atomic E-state index is -4.10. The van der Waals surface area contributed by atoms with E-state index < -0.39 is 28.5 Å². The van der Waals surface area contributed by atoms with Crippen molar-refractivity contribution in [2.75, 3.05) is 17.4 Å². The SMILES string of the molecule is CCc1ccccc1N(CC(=O)N(Cc1ccccc1Cl)[C@@H](C)C(=O)NCC(C)C)S(=O)(=O)c1ccccc1. The maximum Gasteiger partial charge on any atom is 0.264 e. The standard InChI is InChI=1S/C30H36ClN3O4S/c1-5-24-13-10-12-18-28(24)34(39(37,38)26-15-7-6-8-16-26)21-29(35)33(20-25-14-9-11-17-27(25)31)23(4)30(36)32-19-22(2)3/h6-18,22-23H,5,19-21H2,1-4H3,(H,32,36)/t23-/m0/s1. The van der Waals surface area contributed by atoms with Crippen molar-refractivity contribution in [3.8, 4) is 0 Å². The molecule has 3 aromatic rings. The highest BCUT2D eigenvalue weighted by Crippen LogP contribution is 2.28. The van der Waals surface area contributed by atoms with Gasteiger partial charge in [-0.15, -0.1) is 0 Å². The number of halogens is 1. The number of anilines is 1.